The van der Waals surface area contributed by atoms with Crippen LogP contribution in [0.15, 0.2) is 48.0 Å². The van der Waals surface area contributed by atoms with Crippen molar-refractivity contribution in [3.05, 3.63) is 59.2 Å². The number of methoxy groups -OCH3 is 1. The van der Waals surface area contributed by atoms with Gasteiger partial charge in [0, 0.05) is 12.1 Å². The zero-order valence-electron chi connectivity index (χ0n) is 21.7. The molecule has 0 aromatic heterocycles. The number of aliphatic hydroxyl groups excluding tert-OH is 1. The number of ether oxygens (including phenoxy) is 3. The van der Waals surface area contributed by atoms with E-state index >= 15 is 0 Å². The van der Waals surface area contributed by atoms with Crippen LogP contribution < -0.4 is 14.2 Å². The molecule has 1 aliphatic rings. The number of hydrogen-bond donors (Lipinski definition) is 1. The van der Waals surface area contributed by atoms with E-state index in [2.05, 4.69) is 0 Å². The molecule has 1 unspecified atom stereocenters. The first kappa shape index (κ1) is 27.1. The molecule has 3 rings (SSSR count). The van der Waals surface area contributed by atoms with Crippen LogP contribution in [0.1, 0.15) is 43.9 Å². The summed E-state index contributed by atoms with van der Waals surface area (Å²) in [6, 6.07) is 11.4. The average Bonchev–Trinajstić information content (AvgIpc) is 3.12. The fourth-order valence-electron chi connectivity index (χ4n) is 4.23. The molecule has 0 aliphatic carbocycles. The van der Waals surface area contributed by atoms with Crippen LogP contribution in [0.4, 0.5) is 0 Å². The molecule has 194 valence electrons. The Morgan fingerprint density at radius 1 is 1.03 bits per heavy atom. The van der Waals surface area contributed by atoms with Gasteiger partial charge < -0.3 is 29.1 Å². The lowest BCUT2D eigenvalue weighted by Crippen LogP contribution is -2.32. The summed E-state index contributed by atoms with van der Waals surface area (Å²) in [6.45, 7) is 6.07. The number of hydrogen-bond acceptors (Lipinski definition) is 7. The van der Waals surface area contributed by atoms with Gasteiger partial charge in [-0.25, -0.2) is 0 Å². The molecule has 0 spiro atoms. The topological polar surface area (TPSA) is 88.5 Å². The van der Waals surface area contributed by atoms with Gasteiger partial charge in [-0.05, 0) is 82.4 Å². The Morgan fingerprint density at radius 3 is 2.36 bits per heavy atom. The van der Waals surface area contributed by atoms with E-state index in [0.717, 1.165) is 13.0 Å². The van der Waals surface area contributed by atoms with E-state index in [1.54, 1.807) is 42.5 Å². The Balaban J connectivity index is 2.08. The molecule has 1 N–H and O–H groups in total. The van der Waals surface area contributed by atoms with Crippen molar-refractivity contribution in [1.29, 1.82) is 0 Å². The van der Waals surface area contributed by atoms with Gasteiger partial charge in [-0.2, -0.15) is 0 Å². The highest BCUT2D eigenvalue weighted by atomic mass is 16.5. The summed E-state index contributed by atoms with van der Waals surface area (Å²) < 4.78 is 16.8. The maximum Gasteiger partial charge on any atom is 0.295 e. The zero-order valence-corrected chi connectivity index (χ0v) is 21.7. The first-order valence-electron chi connectivity index (χ1n) is 12.3. The maximum absolute atomic E-state index is 13.2. The molecular formula is C28H36N2O6. The molecule has 1 heterocycles. The first-order valence-corrected chi connectivity index (χ1v) is 12.3. The number of carbonyl (C=O) groups excluding carboxylic acids is 2. The number of likely N-dealkylation sites (tertiary alicyclic amines) is 1. The third-order valence-electron chi connectivity index (χ3n) is 5.95. The number of aliphatic hydroxyl groups is 1. The van der Waals surface area contributed by atoms with Gasteiger partial charge in [0.25, 0.3) is 11.7 Å². The average molecular weight is 497 g/mol. The van der Waals surface area contributed by atoms with Gasteiger partial charge in [-0.15, -0.1) is 0 Å². The lowest BCUT2D eigenvalue weighted by Gasteiger charge is -2.26. The standard InChI is InChI=1S/C28H36N2O6/c1-6-17-36-21-12-9-19(10-13-21)26(31)24-25(20-11-14-22(35-7-2)23(18-20)34-5)30(28(33)27(24)32)16-8-15-29(3)4/h9-14,18,25,31H,6-8,15-17H2,1-5H3/b26-24+. The fourth-order valence-corrected chi connectivity index (χ4v) is 4.23. The summed E-state index contributed by atoms with van der Waals surface area (Å²) in [6.07, 6.45) is 1.55. The molecule has 2 aromatic rings. The van der Waals surface area contributed by atoms with E-state index in [1.165, 1.54) is 12.0 Å². The molecule has 0 saturated carbocycles. The number of benzene rings is 2. The summed E-state index contributed by atoms with van der Waals surface area (Å²) in [5.41, 5.74) is 1.15. The first-order chi connectivity index (χ1) is 17.3. The van der Waals surface area contributed by atoms with E-state index < -0.39 is 17.7 Å². The zero-order chi connectivity index (χ0) is 26.2. The van der Waals surface area contributed by atoms with Crippen LogP contribution in [0, 0.1) is 0 Å². The van der Waals surface area contributed by atoms with Gasteiger partial charge in [0.05, 0.1) is 31.9 Å². The third-order valence-corrected chi connectivity index (χ3v) is 5.95. The summed E-state index contributed by atoms with van der Waals surface area (Å²) in [4.78, 5) is 29.9. The van der Waals surface area contributed by atoms with Gasteiger partial charge in [-0.1, -0.05) is 13.0 Å². The Morgan fingerprint density at radius 2 is 1.75 bits per heavy atom. The van der Waals surface area contributed by atoms with Crippen molar-refractivity contribution in [3.8, 4) is 17.2 Å². The van der Waals surface area contributed by atoms with Gasteiger partial charge in [0.2, 0.25) is 0 Å². The smallest absolute Gasteiger partial charge is 0.295 e. The van der Waals surface area contributed by atoms with Gasteiger partial charge in [0.1, 0.15) is 11.5 Å². The van der Waals surface area contributed by atoms with Gasteiger partial charge >= 0.3 is 0 Å². The lowest BCUT2D eigenvalue weighted by molar-refractivity contribution is -0.139. The molecular weight excluding hydrogens is 460 g/mol. The largest absolute Gasteiger partial charge is 0.507 e. The maximum atomic E-state index is 13.2. The normalized spacial score (nSPS) is 17.1. The van der Waals surface area contributed by atoms with E-state index in [4.69, 9.17) is 14.2 Å². The van der Waals surface area contributed by atoms with Crippen LogP contribution in [-0.2, 0) is 9.59 Å². The van der Waals surface area contributed by atoms with Crippen LogP contribution in [0.3, 0.4) is 0 Å². The molecule has 1 aliphatic heterocycles. The summed E-state index contributed by atoms with van der Waals surface area (Å²) >= 11 is 0. The van der Waals surface area contributed by atoms with E-state index in [9.17, 15) is 14.7 Å². The minimum Gasteiger partial charge on any atom is -0.507 e. The second-order valence-corrected chi connectivity index (χ2v) is 8.87. The molecule has 1 saturated heterocycles. The minimum atomic E-state index is -0.757. The number of Topliss-reactive ketones (excluding diaryl/α,β-unsaturated/α-hetero) is 1. The van der Waals surface area contributed by atoms with Crippen molar-refractivity contribution in [3.63, 3.8) is 0 Å². The van der Waals surface area contributed by atoms with Gasteiger partial charge in [0.15, 0.2) is 11.5 Å². The summed E-state index contributed by atoms with van der Waals surface area (Å²) in [7, 11) is 5.45. The predicted molar refractivity (Wildman–Crippen MR) is 139 cm³/mol. The van der Waals surface area contributed by atoms with Crippen molar-refractivity contribution in [2.24, 2.45) is 0 Å². The molecule has 0 radical (unpaired) electrons. The molecule has 1 atom stereocenters. The third kappa shape index (κ3) is 5.99. The molecule has 36 heavy (non-hydrogen) atoms. The number of amides is 1. The van der Waals surface area contributed by atoms with Crippen LogP contribution >= 0.6 is 0 Å². The van der Waals surface area contributed by atoms with Crippen molar-refractivity contribution in [1.82, 2.24) is 9.80 Å². The minimum absolute atomic E-state index is 0.0540. The fraction of sp³-hybridized carbons (Fsp3) is 0.429. The Hall–Kier alpha value is -3.52. The van der Waals surface area contributed by atoms with Crippen molar-refractivity contribution in [2.45, 2.75) is 32.7 Å². The molecule has 1 fully saturated rings. The quantitative estimate of drug-likeness (QED) is 0.267. The molecule has 8 nitrogen and oxygen atoms in total. The van der Waals surface area contributed by atoms with Crippen LogP contribution in [0.2, 0.25) is 0 Å². The van der Waals surface area contributed by atoms with Crippen molar-refractivity contribution in [2.75, 3.05) is 47.5 Å². The Bertz CT molecular complexity index is 1090. The summed E-state index contributed by atoms with van der Waals surface area (Å²) in [5.74, 6) is 0.174. The molecule has 0 bridgehead atoms. The highest BCUT2D eigenvalue weighted by Crippen LogP contribution is 2.42. The van der Waals surface area contributed by atoms with Gasteiger partial charge in [-0.3, -0.25) is 9.59 Å². The highest BCUT2D eigenvalue weighted by Gasteiger charge is 2.46. The second-order valence-electron chi connectivity index (χ2n) is 8.87. The highest BCUT2D eigenvalue weighted by molar-refractivity contribution is 6.46. The van der Waals surface area contributed by atoms with Crippen molar-refractivity contribution >= 4 is 17.4 Å². The number of nitrogens with zero attached hydrogens (tertiary/aromatic N) is 2. The monoisotopic (exact) mass is 496 g/mol. The SMILES string of the molecule is CCCOc1ccc(/C(O)=C2\C(=O)C(=O)N(CCCN(C)C)C2c2ccc(OCC)c(OC)c2)cc1. The van der Waals surface area contributed by atoms with Crippen LogP contribution in [-0.4, -0.2) is 74.1 Å². The summed E-state index contributed by atoms with van der Waals surface area (Å²) in [5, 5.41) is 11.3. The number of ketones is 1. The van der Waals surface area contributed by atoms with E-state index in [1.807, 2.05) is 32.8 Å². The van der Waals surface area contributed by atoms with Crippen LogP contribution in [0.25, 0.3) is 5.76 Å². The second kappa shape index (κ2) is 12.4. The van der Waals surface area contributed by atoms with Crippen LogP contribution in [0.5, 0.6) is 17.2 Å². The Labute approximate surface area is 213 Å². The molecule has 8 heteroatoms. The molecule has 2 aromatic carbocycles. The van der Waals surface area contributed by atoms with E-state index in [0.29, 0.717) is 54.6 Å². The molecule has 1 amide bonds. The number of rotatable bonds is 12. The number of carbonyl (C=O) groups is 2. The lowest BCUT2D eigenvalue weighted by atomic mass is 9.95. The van der Waals surface area contributed by atoms with E-state index in [-0.39, 0.29) is 11.3 Å². The van der Waals surface area contributed by atoms with Crippen molar-refractivity contribution < 1.29 is 28.9 Å². The predicted octanol–water partition coefficient (Wildman–Crippen LogP) is 4.26. The Kier molecular flexibility index (Phi) is 9.36.